The summed E-state index contributed by atoms with van der Waals surface area (Å²) >= 11 is 5.45. The number of sulfonamides is 1. The number of benzene rings is 1. The Bertz CT molecular complexity index is 526. The fourth-order valence-electron chi connectivity index (χ4n) is 1.93. The number of nitrogens with one attached hydrogen (secondary N) is 1. The van der Waals surface area contributed by atoms with E-state index in [1.165, 1.54) is 12.1 Å². The predicted octanol–water partition coefficient (Wildman–Crippen LogP) is 2.37. The van der Waals surface area contributed by atoms with Gasteiger partial charge in [0, 0.05) is 19.0 Å². The molecule has 0 spiro atoms. The van der Waals surface area contributed by atoms with E-state index in [0.717, 1.165) is 0 Å². The third-order valence-corrected chi connectivity index (χ3v) is 4.59. The highest BCUT2D eigenvalue weighted by atomic mass is 35.5. The van der Waals surface area contributed by atoms with Crippen LogP contribution in [0.4, 0.5) is 4.39 Å². The van der Waals surface area contributed by atoms with Crippen molar-refractivity contribution in [2.45, 2.75) is 25.2 Å². The molecule has 1 aromatic carbocycles. The summed E-state index contributed by atoms with van der Waals surface area (Å²) in [6.07, 6.45) is 0.551. The van der Waals surface area contributed by atoms with Gasteiger partial charge in [-0.2, -0.15) is 0 Å². The van der Waals surface area contributed by atoms with E-state index in [1.54, 1.807) is 13.8 Å². The molecule has 0 radical (unpaired) electrons. The first-order valence-electron chi connectivity index (χ1n) is 6.28. The van der Waals surface area contributed by atoms with E-state index in [4.69, 9.17) is 16.3 Å². The summed E-state index contributed by atoms with van der Waals surface area (Å²) in [5.74, 6) is -0.0203. The first kappa shape index (κ1) is 17.4. The molecule has 1 aromatic rings. The summed E-state index contributed by atoms with van der Waals surface area (Å²) in [5.41, 5.74) is 0.793. The zero-order valence-corrected chi connectivity index (χ0v) is 13.2. The number of ether oxygens (including phenoxy) is 1. The first-order chi connectivity index (χ1) is 9.38. The van der Waals surface area contributed by atoms with E-state index in [0.29, 0.717) is 36.6 Å². The van der Waals surface area contributed by atoms with Crippen LogP contribution < -0.4 is 4.72 Å². The number of rotatable bonds is 8. The Hall–Kier alpha value is -0.690. The highest BCUT2D eigenvalue weighted by Gasteiger charge is 2.19. The summed E-state index contributed by atoms with van der Waals surface area (Å²) < 4.78 is 45.2. The molecule has 0 heterocycles. The molecule has 0 saturated carbocycles. The lowest BCUT2D eigenvalue weighted by Gasteiger charge is -2.12. The van der Waals surface area contributed by atoms with E-state index in [-0.39, 0.29) is 11.4 Å². The normalized spacial score (nSPS) is 11.8. The van der Waals surface area contributed by atoms with Crippen molar-refractivity contribution in [3.05, 3.63) is 29.1 Å². The molecule has 0 amide bonds. The molecule has 0 aliphatic carbocycles. The van der Waals surface area contributed by atoms with Gasteiger partial charge >= 0.3 is 0 Å². The van der Waals surface area contributed by atoms with Crippen LogP contribution in [0.3, 0.4) is 0 Å². The number of halogens is 2. The maximum Gasteiger partial charge on any atom is 0.241 e. The molecule has 0 saturated heterocycles. The van der Waals surface area contributed by atoms with Crippen LogP contribution in [0.25, 0.3) is 0 Å². The summed E-state index contributed by atoms with van der Waals surface area (Å²) in [6.45, 7) is 4.31. The Morgan fingerprint density at radius 1 is 1.25 bits per heavy atom. The lowest BCUT2D eigenvalue weighted by Crippen LogP contribution is -2.27. The van der Waals surface area contributed by atoms with Gasteiger partial charge in [0.15, 0.2) is 0 Å². The molecule has 7 heteroatoms. The van der Waals surface area contributed by atoms with Crippen LogP contribution in [0.5, 0.6) is 0 Å². The van der Waals surface area contributed by atoms with Crippen LogP contribution >= 0.6 is 11.6 Å². The number of alkyl halides is 1. The fourth-order valence-corrected chi connectivity index (χ4v) is 3.56. The zero-order chi connectivity index (χ0) is 15.2. The summed E-state index contributed by atoms with van der Waals surface area (Å²) in [7, 11) is -3.63. The lowest BCUT2D eigenvalue weighted by molar-refractivity contribution is 0.147. The lowest BCUT2D eigenvalue weighted by atomic mass is 10.1. The van der Waals surface area contributed by atoms with Crippen molar-refractivity contribution in [1.82, 2.24) is 4.72 Å². The molecule has 0 bridgehead atoms. The molecule has 0 aliphatic rings. The molecule has 20 heavy (non-hydrogen) atoms. The second-order valence-electron chi connectivity index (χ2n) is 4.42. The van der Waals surface area contributed by atoms with Crippen molar-refractivity contribution in [2.24, 2.45) is 0 Å². The predicted molar refractivity (Wildman–Crippen MR) is 77.2 cm³/mol. The van der Waals surface area contributed by atoms with Crippen molar-refractivity contribution in [2.75, 3.05) is 25.6 Å². The Balaban J connectivity index is 2.66. The Kier molecular flexibility index (Phi) is 6.88. The van der Waals surface area contributed by atoms with Gasteiger partial charge in [0.1, 0.15) is 5.82 Å². The highest BCUT2D eigenvalue weighted by Crippen LogP contribution is 2.21. The molecule has 0 aromatic heterocycles. The number of aryl methyl sites for hydroxylation is 2. The maximum absolute atomic E-state index is 13.2. The number of hydrogen-bond acceptors (Lipinski definition) is 3. The molecule has 1 rings (SSSR count). The maximum atomic E-state index is 13.2. The number of hydrogen-bond donors (Lipinski definition) is 1. The minimum atomic E-state index is -3.63. The second-order valence-corrected chi connectivity index (χ2v) is 6.50. The Morgan fingerprint density at radius 3 is 2.40 bits per heavy atom. The minimum Gasteiger partial charge on any atom is -0.380 e. The first-order valence-corrected chi connectivity index (χ1v) is 8.30. The van der Waals surface area contributed by atoms with Crippen molar-refractivity contribution >= 4 is 21.6 Å². The van der Waals surface area contributed by atoms with Crippen LogP contribution in [-0.2, 0) is 14.8 Å². The van der Waals surface area contributed by atoms with Crippen LogP contribution in [0, 0.1) is 19.7 Å². The molecule has 0 fully saturated rings. The van der Waals surface area contributed by atoms with Crippen molar-refractivity contribution < 1.29 is 17.5 Å². The molecule has 0 unspecified atom stereocenters. The van der Waals surface area contributed by atoms with Gasteiger partial charge < -0.3 is 4.74 Å². The second kappa shape index (κ2) is 7.93. The van der Waals surface area contributed by atoms with Gasteiger partial charge in [-0.15, -0.1) is 11.6 Å². The molecule has 0 aliphatic heterocycles. The van der Waals surface area contributed by atoms with Crippen molar-refractivity contribution in [3.8, 4) is 0 Å². The van der Waals surface area contributed by atoms with E-state index >= 15 is 0 Å². The van der Waals surface area contributed by atoms with Gasteiger partial charge in [-0.1, -0.05) is 0 Å². The van der Waals surface area contributed by atoms with E-state index in [9.17, 15) is 12.8 Å². The highest BCUT2D eigenvalue weighted by molar-refractivity contribution is 7.89. The average molecular weight is 324 g/mol. The van der Waals surface area contributed by atoms with Gasteiger partial charge in [-0.25, -0.2) is 17.5 Å². The van der Waals surface area contributed by atoms with Gasteiger partial charge in [0.05, 0.1) is 11.5 Å². The molecule has 1 N–H and O–H groups in total. The summed E-state index contributed by atoms with van der Waals surface area (Å²) in [4.78, 5) is 0.139. The summed E-state index contributed by atoms with van der Waals surface area (Å²) in [5, 5.41) is 0. The molecule has 114 valence electrons. The van der Waals surface area contributed by atoms with Crippen LogP contribution in [0.2, 0.25) is 0 Å². The Labute approximate surface area is 124 Å². The molecular weight excluding hydrogens is 305 g/mol. The van der Waals surface area contributed by atoms with Gasteiger partial charge in [-0.05, 0) is 43.5 Å². The fraction of sp³-hybridized carbons (Fsp3) is 0.538. The minimum absolute atomic E-state index is 0.139. The Morgan fingerprint density at radius 2 is 1.85 bits per heavy atom. The van der Waals surface area contributed by atoms with Crippen molar-refractivity contribution in [3.63, 3.8) is 0 Å². The van der Waals surface area contributed by atoms with Crippen molar-refractivity contribution in [1.29, 1.82) is 0 Å². The molecule has 0 atom stereocenters. The quantitative estimate of drug-likeness (QED) is 0.590. The monoisotopic (exact) mass is 323 g/mol. The van der Waals surface area contributed by atoms with E-state index < -0.39 is 15.8 Å². The molecule has 4 nitrogen and oxygen atoms in total. The third kappa shape index (κ3) is 5.01. The SMILES string of the molecule is Cc1cc(F)cc(C)c1S(=O)(=O)NCCCOCCCl. The average Bonchev–Trinajstić information content (AvgIpc) is 2.31. The van der Waals surface area contributed by atoms with Crippen LogP contribution in [0.1, 0.15) is 17.5 Å². The van der Waals surface area contributed by atoms with Gasteiger partial charge in [0.2, 0.25) is 10.0 Å². The third-order valence-electron chi connectivity index (χ3n) is 2.67. The van der Waals surface area contributed by atoms with Crippen LogP contribution in [-0.4, -0.2) is 34.1 Å². The van der Waals surface area contributed by atoms with E-state index in [1.807, 2.05) is 0 Å². The van der Waals surface area contributed by atoms with Crippen LogP contribution in [0.15, 0.2) is 17.0 Å². The standard InChI is InChI=1S/C13H19ClFNO3S/c1-10-8-12(15)9-11(2)13(10)20(17,18)16-5-3-6-19-7-4-14/h8-9,16H,3-7H2,1-2H3. The summed E-state index contributed by atoms with van der Waals surface area (Å²) in [6, 6.07) is 2.43. The topological polar surface area (TPSA) is 55.4 Å². The largest absolute Gasteiger partial charge is 0.380 e. The zero-order valence-electron chi connectivity index (χ0n) is 11.6. The molecular formula is C13H19ClFNO3S. The van der Waals surface area contributed by atoms with Gasteiger partial charge in [0.25, 0.3) is 0 Å². The smallest absolute Gasteiger partial charge is 0.241 e. The van der Waals surface area contributed by atoms with E-state index in [2.05, 4.69) is 4.72 Å². The van der Waals surface area contributed by atoms with Gasteiger partial charge in [-0.3, -0.25) is 0 Å².